The average molecular weight is 539 g/mol. The summed E-state index contributed by atoms with van der Waals surface area (Å²) < 4.78 is 50.4. The number of hydrogen-bond donors (Lipinski definition) is 2. The molecular formula is C25H22ClF3N2O4S. The Labute approximate surface area is 215 Å². The molecule has 2 amide bonds. The second kappa shape index (κ2) is 11.6. The van der Waals surface area contributed by atoms with Crippen molar-refractivity contribution in [3.63, 3.8) is 0 Å². The number of amides is 2. The molecule has 0 heterocycles. The lowest BCUT2D eigenvalue weighted by molar-refractivity contribution is -0.137. The summed E-state index contributed by atoms with van der Waals surface area (Å²) >= 11 is 6.83. The molecular weight excluding hydrogens is 517 g/mol. The molecule has 0 aromatic heterocycles. The Kier molecular flexibility index (Phi) is 8.75. The second-order valence-corrected chi connectivity index (χ2v) is 9.30. The molecule has 1 unspecified atom stereocenters. The van der Waals surface area contributed by atoms with Gasteiger partial charge in [0.25, 0.3) is 5.91 Å². The Morgan fingerprint density at radius 2 is 1.56 bits per heavy atom. The van der Waals surface area contributed by atoms with E-state index in [0.717, 1.165) is 23.9 Å². The number of methoxy groups -OCH3 is 2. The highest BCUT2D eigenvalue weighted by Crippen LogP contribution is 2.37. The van der Waals surface area contributed by atoms with E-state index in [1.165, 1.54) is 20.3 Å². The Balaban J connectivity index is 1.66. The summed E-state index contributed by atoms with van der Waals surface area (Å²) in [5.74, 6) is -0.323. The summed E-state index contributed by atoms with van der Waals surface area (Å²) in [6.07, 6.45) is -4.67. The van der Waals surface area contributed by atoms with Crippen molar-refractivity contribution >= 4 is 46.6 Å². The minimum Gasteiger partial charge on any atom is -0.496 e. The Hall–Kier alpha value is -3.37. The highest BCUT2D eigenvalue weighted by atomic mass is 35.5. The number of nitrogens with one attached hydrogen (secondary N) is 2. The van der Waals surface area contributed by atoms with Crippen LogP contribution in [0.5, 0.6) is 11.5 Å². The minimum atomic E-state index is -4.67. The quantitative estimate of drug-likeness (QED) is 0.310. The van der Waals surface area contributed by atoms with Crippen LogP contribution < -0.4 is 20.1 Å². The summed E-state index contributed by atoms with van der Waals surface area (Å²) in [4.78, 5) is 26.0. The van der Waals surface area contributed by atoms with Crippen LogP contribution in [-0.2, 0) is 11.0 Å². The van der Waals surface area contributed by atoms with Crippen molar-refractivity contribution in [3.05, 3.63) is 76.8 Å². The third-order valence-electron chi connectivity index (χ3n) is 4.99. The number of benzene rings is 3. The molecule has 0 fully saturated rings. The lowest BCUT2D eigenvalue weighted by atomic mass is 10.1. The van der Waals surface area contributed by atoms with E-state index in [2.05, 4.69) is 10.6 Å². The smallest absolute Gasteiger partial charge is 0.418 e. The molecule has 0 aliphatic heterocycles. The number of carbonyl (C=O) groups excluding carboxylic acids is 2. The first kappa shape index (κ1) is 27.2. The Morgan fingerprint density at radius 1 is 0.944 bits per heavy atom. The maximum absolute atomic E-state index is 13.3. The van der Waals surface area contributed by atoms with Crippen LogP contribution in [-0.4, -0.2) is 31.3 Å². The zero-order valence-electron chi connectivity index (χ0n) is 19.4. The number of ether oxygens (including phenoxy) is 2. The van der Waals surface area contributed by atoms with Crippen molar-refractivity contribution in [3.8, 4) is 11.5 Å². The molecule has 11 heteroatoms. The van der Waals surface area contributed by atoms with Crippen LogP contribution in [0.2, 0.25) is 5.02 Å². The van der Waals surface area contributed by atoms with Crippen molar-refractivity contribution in [1.82, 2.24) is 0 Å². The number of carbonyl (C=O) groups is 2. The molecule has 0 aliphatic carbocycles. The van der Waals surface area contributed by atoms with Gasteiger partial charge in [-0.3, -0.25) is 9.59 Å². The van der Waals surface area contributed by atoms with Gasteiger partial charge in [-0.05, 0) is 61.5 Å². The monoisotopic (exact) mass is 538 g/mol. The van der Waals surface area contributed by atoms with Crippen LogP contribution in [0.4, 0.5) is 24.5 Å². The van der Waals surface area contributed by atoms with Crippen molar-refractivity contribution in [2.45, 2.75) is 23.2 Å². The van der Waals surface area contributed by atoms with Crippen molar-refractivity contribution in [2.24, 2.45) is 0 Å². The molecule has 0 saturated heterocycles. The van der Waals surface area contributed by atoms with Crippen molar-refractivity contribution < 1.29 is 32.2 Å². The van der Waals surface area contributed by atoms with Crippen molar-refractivity contribution in [2.75, 3.05) is 24.9 Å². The molecule has 0 saturated carbocycles. The summed E-state index contributed by atoms with van der Waals surface area (Å²) in [6, 6.07) is 14.8. The molecule has 0 aliphatic rings. The van der Waals surface area contributed by atoms with Gasteiger partial charge in [0, 0.05) is 15.6 Å². The fraction of sp³-hybridized carbons (Fsp3) is 0.200. The molecule has 3 aromatic carbocycles. The van der Waals surface area contributed by atoms with Gasteiger partial charge in [-0.25, -0.2) is 0 Å². The van der Waals surface area contributed by atoms with Gasteiger partial charge in [-0.1, -0.05) is 17.7 Å². The topological polar surface area (TPSA) is 76.7 Å². The van der Waals surface area contributed by atoms with E-state index in [1.807, 2.05) is 0 Å². The lowest BCUT2D eigenvalue weighted by Gasteiger charge is -2.17. The molecule has 2 N–H and O–H groups in total. The number of hydrogen-bond acceptors (Lipinski definition) is 5. The molecule has 190 valence electrons. The maximum atomic E-state index is 13.3. The van der Waals surface area contributed by atoms with Gasteiger partial charge in [-0.15, -0.1) is 11.8 Å². The molecule has 36 heavy (non-hydrogen) atoms. The van der Waals surface area contributed by atoms with Gasteiger partial charge in [0.2, 0.25) is 5.91 Å². The van der Waals surface area contributed by atoms with Gasteiger partial charge in [-0.2, -0.15) is 13.2 Å². The van der Waals surface area contributed by atoms with Crippen molar-refractivity contribution in [1.29, 1.82) is 0 Å². The van der Waals surface area contributed by atoms with E-state index in [1.54, 1.807) is 49.4 Å². The third kappa shape index (κ3) is 6.64. The highest BCUT2D eigenvalue weighted by Gasteiger charge is 2.34. The number of halogens is 4. The standard InChI is InChI=1S/C25H22ClF3N2O4S/c1-14(23(32)31-19-12-7-15(26)13-18(19)25(27,28)29)36-17-10-8-16(9-11-17)30-24(33)22-20(34-2)5-4-6-21(22)35-3/h4-14H,1-3H3,(H,30,33)(H,31,32). The Morgan fingerprint density at radius 3 is 2.11 bits per heavy atom. The predicted octanol–water partition coefficient (Wildman–Crippen LogP) is 6.75. The number of thioether (sulfide) groups is 1. The number of rotatable bonds is 8. The summed E-state index contributed by atoms with van der Waals surface area (Å²) in [6.45, 7) is 1.58. The summed E-state index contributed by atoms with van der Waals surface area (Å²) in [7, 11) is 2.90. The maximum Gasteiger partial charge on any atom is 0.418 e. The molecule has 6 nitrogen and oxygen atoms in total. The largest absolute Gasteiger partial charge is 0.496 e. The number of alkyl halides is 3. The zero-order chi connectivity index (χ0) is 26.5. The lowest BCUT2D eigenvalue weighted by Crippen LogP contribution is -2.24. The molecule has 3 rings (SSSR count). The molecule has 0 spiro atoms. The van der Waals surface area contributed by atoms with Crippen LogP contribution in [0.15, 0.2) is 65.6 Å². The van der Waals surface area contributed by atoms with Gasteiger partial charge < -0.3 is 20.1 Å². The van der Waals surface area contributed by atoms with Gasteiger partial charge in [0.15, 0.2) is 0 Å². The van der Waals surface area contributed by atoms with Crippen LogP contribution in [0.25, 0.3) is 0 Å². The van der Waals surface area contributed by atoms with E-state index < -0.39 is 28.8 Å². The normalized spacial score (nSPS) is 12.0. The molecule has 0 radical (unpaired) electrons. The van der Waals surface area contributed by atoms with E-state index in [-0.39, 0.29) is 16.3 Å². The summed E-state index contributed by atoms with van der Waals surface area (Å²) in [5.41, 5.74) is -0.654. The van der Waals surface area contributed by atoms with E-state index in [9.17, 15) is 22.8 Å². The van der Waals surface area contributed by atoms with Gasteiger partial charge in [0.1, 0.15) is 17.1 Å². The van der Waals surface area contributed by atoms with Gasteiger partial charge >= 0.3 is 6.18 Å². The first-order valence-corrected chi connectivity index (χ1v) is 11.8. The molecule has 1 atom stereocenters. The fourth-order valence-corrected chi connectivity index (χ4v) is 4.28. The fourth-order valence-electron chi connectivity index (χ4n) is 3.24. The van der Waals surface area contributed by atoms with Gasteiger partial charge in [0.05, 0.1) is 30.7 Å². The predicted molar refractivity (Wildman–Crippen MR) is 134 cm³/mol. The minimum absolute atomic E-state index is 0.0842. The highest BCUT2D eigenvalue weighted by molar-refractivity contribution is 8.00. The molecule has 0 bridgehead atoms. The van der Waals surface area contributed by atoms with Crippen LogP contribution in [0.3, 0.4) is 0 Å². The number of anilines is 2. The van der Waals surface area contributed by atoms with Crippen LogP contribution in [0.1, 0.15) is 22.8 Å². The SMILES string of the molecule is COc1cccc(OC)c1C(=O)Nc1ccc(SC(C)C(=O)Nc2ccc(Cl)cc2C(F)(F)F)cc1. The second-order valence-electron chi connectivity index (χ2n) is 7.45. The summed E-state index contributed by atoms with van der Waals surface area (Å²) in [5, 5.41) is 4.29. The molecule has 3 aromatic rings. The third-order valence-corrected chi connectivity index (χ3v) is 6.34. The van der Waals surface area contributed by atoms with E-state index >= 15 is 0 Å². The van der Waals surface area contributed by atoms with Crippen LogP contribution >= 0.6 is 23.4 Å². The average Bonchev–Trinajstić information content (AvgIpc) is 2.84. The van der Waals surface area contributed by atoms with E-state index in [4.69, 9.17) is 21.1 Å². The van der Waals surface area contributed by atoms with E-state index in [0.29, 0.717) is 22.1 Å². The Bertz CT molecular complexity index is 1230. The first-order chi connectivity index (χ1) is 17.0. The van der Waals surface area contributed by atoms with Crippen LogP contribution in [0, 0.1) is 0 Å². The zero-order valence-corrected chi connectivity index (χ0v) is 21.0. The first-order valence-electron chi connectivity index (χ1n) is 10.5.